The van der Waals surface area contributed by atoms with Crippen molar-refractivity contribution in [3.8, 4) is 0 Å². The van der Waals surface area contributed by atoms with Crippen LogP contribution >= 0.6 is 0 Å². The molecule has 0 aliphatic carbocycles. The van der Waals surface area contributed by atoms with E-state index in [9.17, 15) is 0 Å². The Bertz CT molecular complexity index is 289. The summed E-state index contributed by atoms with van der Waals surface area (Å²) < 4.78 is 5.16. The van der Waals surface area contributed by atoms with Gasteiger partial charge in [0.1, 0.15) is 6.26 Å². The third-order valence-corrected chi connectivity index (χ3v) is 2.68. The van der Waals surface area contributed by atoms with Crippen molar-refractivity contribution in [2.24, 2.45) is 5.73 Å². The van der Waals surface area contributed by atoms with E-state index in [1.165, 1.54) is 0 Å². The molecule has 1 aromatic heterocycles. The van der Waals surface area contributed by atoms with Gasteiger partial charge in [-0.15, -0.1) is 0 Å². The van der Waals surface area contributed by atoms with Crippen molar-refractivity contribution in [3.63, 3.8) is 0 Å². The van der Waals surface area contributed by atoms with Gasteiger partial charge in [-0.05, 0) is 12.8 Å². The number of piperidine rings is 1. The van der Waals surface area contributed by atoms with Crippen molar-refractivity contribution >= 4 is 0 Å². The normalized spacial score (nSPS) is 20.1. The summed E-state index contributed by atoms with van der Waals surface area (Å²) in [5, 5.41) is 0. The van der Waals surface area contributed by atoms with Gasteiger partial charge in [0.15, 0.2) is 5.89 Å². The van der Waals surface area contributed by atoms with Gasteiger partial charge >= 0.3 is 0 Å². The Hall–Kier alpha value is -0.870. The van der Waals surface area contributed by atoms with Crippen LogP contribution in [0.5, 0.6) is 0 Å². The number of aryl methyl sites for hydroxylation is 1. The van der Waals surface area contributed by atoms with Crippen LogP contribution in [0.25, 0.3) is 0 Å². The summed E-state index contributed by atoms with van der Waals surface area (Å²) in [5.74, 6) is 0.744. The quantitative estimate of drug-likeness (QED) is 0.762. The molecule has 2 heterocycles. The molecule has 0 unspecified atom stereocenters. The first-order chi connectivity index (χ1) is 6.74. The van der Waals surface area contributed by atoms with Gasteiger partial charge in [0.25, 0.3) is 0 Å². The van der Waals surface area contributed by atoms with E-state index in [1.807, 2.05) is 6.92 Å². The molecule has 0 aromatic carbocycles. The van der Waals surface area contributed by atoms with Gasteiger partial charge in [-0.2, -0.15) is 0 Å². The minimum atomic E-state index is 0.394. The summed E-state index contributed by atoms with van der Waals surface area (Å²) in [7, 11) is 0. The maximum absolute atomic E-state index is 5.83. The highest BCUT2D eigenvalue weighted by Crippen LogP contribution is 2.12. The Kier molecular flexibility index (Phi) is 2.84. The molecule has 0 spiro atoms. The van der Waals surface area contributed by atoms with Crippen LogP contribution in [-0.4, -0.2) is 29.0 Å². The number of likely N-dealkylation sites (tertiary alicyclic amines) is 1. The smallest absolute Gasteiger partial charge is 0.191 e. The average molecular weight is 195 g/mol. The lowest BCUT2D eigenvalue weighted by Crippen LogP contribution is -2.39. The van der Waals surface area contributed by atoms with Gasteiger partial charge in [0, 0.05) is 32.6 Å². The fraction of sp³-hybridized carbons (Fsp3) is 0.700. The van der Waals surface area contributed by atoms with Crippen molar-refractivity contribution in [2.75, 3.05) is 13.1 Å². The predicted molar refractivity (Wildman–Crippen MR) is 53.7 cm³/mol. The molecule has 1 aromatic rings. The summed E-state index contributed by atoms with van der Waals surface area (Å²) in [5.41, 5.74) is 6.86. The SMILES string of the molecule is Cc1nc(CN2CCC(N)CC2)co1. The molecule has 0 bridgehead atoms. The van der Waals surface area contributed by atoms with E-state index in [2.05, 4.69) is 9.88 Å². The third kappa shape index (κ3) is 2.33. The largest absolute Gasteiger partial charge is 0.449 e. The Balaban J connectivity index is 1.86. The molecule has 78 valence electrons. The zero-order valence-electron chi connectivity index (χ0n) is 8.57. The first-order valence-electron chi connectivity index (χ1n) is 5.13. The van der Waals surface area contributed by atoms with Gasteiger partial charge in [0.05, 0.1) is 5.69 Å². The maximum Gasteiger partial charge on any atom is 0.191 e. The molecular formula is C10H17N3O. The van der Waals surface area contributed by atoms with Crippen LogP contribution in [0.1, 0.15) is 24.4 Å². The molecular weight excluding hydrogens is 178 g/mol. The van der Waals surface area contributed by atoms with Crippen LogP contribution in [0, 0.1) is 6.92 Å². The van der Waals surface area contributed by atoms with Crippen molar-refractivity contribution in [1.29, 1.82) is 0 Å². The monoisotopic (exact) mass is 195 g/mol. The summed E-state index contributed by atoms with van der Waals surface area (Å²) in [6.45, 7) is 4.92. The van der Waals surface area contributed by atoms with Crippen molar-refractivity contribution in [1.82, 2.24) is 9.88 Å². The van der Waals surface area contributed by atoms with Gasteiger partial charge in [0.2, 0.25) is 0 Å². The lowest BCUT2D eigenvalue weighted by Gasteiger charge is -2.29. The van der Waals surface area contributed by atoms with Crippen LogP contribution in [0.2, 0.25) is 0 Å². The second kappa shape index (κ2) is 4.11. The standard InChI is InChI=1S/C10H17N3O/c1-8-12-10(7-14-8)6-13-4-2-9(11)3-5-13/h7,9H,2-6,11H2,1H3. The lowest BCUT2D eigenvalue weighted by molar-refractivity contribution is 0.203. The molecule has 1 aliphatic heterocycles. The number of nitrogens with zero attached hydrogens (tertiary/aromatic N) is 2. The molecule has 2 rings (SSSR count). The highest BCUT2D eigenvalue weighted by Gasteiger charge is 2.16. The number of hydrogen-bond acceptors (Lipinski definition) is 4. The third-order valence-electron chi connectivity index (χ3n) is 2.68. The van der Waals surface area contributed by atoms with Crippen LogP contribution in [0.15, 0.2) is 10.7 Å². The molecule has 4 nitrogen and oxygen atoms in total. The minimum absolute atomic E-state index is 0.394. The second-order valence-electron chi connectivity index (χ2n) is 3.97. The number of aromatic nitrogens is 1. The number of rotatable bonds is 2. The van der Waals surface area contributed by atoms with Crippen molar-refractivity contribution < 1.29 is 4.42 Å². The highest BCUT2D eigenvalue weighted by atomic mass is 16.3. The Morgan fingerprint density at radius 1 is 1.57 bits per heavy atom. The first kappa shape index (κ1) is 9.68. The minimum Gasteiger partial charge on any atom is -0.449 e. The van der Waals surface area contributed by atoms with Crippen LogP contribution in [-0.2, 0) is 6.54 Å². The van der Waals surface area contributed by atoms with E-state index in [0.717, 1.165) is 44.1 Å². The van der Waals surface area contributed by atoms with E-state index >= 15 is 0 Å². The van der Waals surface area contributed by atoms with E-state index in [4.69, 9.17) is 10.2 Å². The zero-order valence-corrected chi connectivity index (χ0v) is 8.57. The topological polar surface area (TPSA) is 55.3 Å². The number of oxazole rings is 1. The van der Waals surface area contributed by atoms with Crippen LogP contribution in [0.4, 0.5) is 0 Å². The molecule has 2 N–H and O–H groups in total. The molecule has 1 saturated heterocycles. The first-order valence-corrected chi connectivity index (χ1v) is 5.13. The molecule has 0 saturated carbocycles. The van der Waals surface area contributed by atoms with Gasteiger partial charge in [-0.1, -0.05) is 0 Å². The second-order valence-corrected chi connectivity index (χ2v) is 3.97. The Morgan fingerprint density at radius 3 is 2.86 bits per heavy atom. The van der Waals surface area contributed by atoms with Crippen molar-refractivity contribution in [3.05, 3.63) is 17.8 Å². The summed E-state index contributed by atoms with van der Waals surface area (Å²) in [6.07, 6.45) is 3.93. The van der Waals surface area contributed by atoms with E-state index in [-0.39, 0.29) is 0 Å². The van der Waals surface area contributed by atoms with Crippen LogP contribution < -0.4 is 5.73 Å². The van der Waals surface area contributed by atoms with Crippen molar-refractivity contribution in [2.45, 2.75) is 32.4 Å². The molecule has 0 atom stereocenters. The maximum atomic E-state index is 5.83. The van der Waals surface area contributed by atoms with E-state index in [1.54, 1.807) is 6.26 Å². The molecule has 1 aliphatic rings. The molecule has 4 heteroatoms. The fourth-order valence-electron chi connectivity index (χ4n) is 1.82. The van der Waals surface area contributed by atoms with Gasteiger partial charge in [-0.25, -0.2) is 4.98 Å². The molecule has 1 fully saturated rings. The average Bonchev–Trinajstić information content (AvgIpc) is 2.56. The lowest BCUT2D eigenvalue weighted by atomic mass is 10.1. The number of nitrogens with two attached hydrogens (primary N) is 1. The number of hydrogen-bond donors (Lipinski definition) is 1. The van der Waals surface area contributed by atoms with E-state index < -0.39 is 0 Å². The highest BCUT2D eigenvalue weighted by molar-refractivity contribution is 4.95. The summed E-state index contributed by atoms with van der Waals surface area (Å²) in [4.78, 5) is 6.66. The zero-order chi connectivity index (χ0) is 9.97. The van der Waals surface area contributed by atoms with Gasteiger partial charge in [-0.3, -0.25) is 4.90 Å². The fourth-order valence-corrected chi connectivity index (χ4v) is 1.82. The Morgan fingerprint density at radius 2 is 2.29 bits per heavy atom. The molecule has 14 heavy (non-hydrogen) atoms. The Labute approximate surface area is 84.1 Å². The summed E-state index contributed by atoms with van der Waals surface area (Å²) in [6, 6.07) is 0.394. The van der Waals surface area contributed by atoms with E-state index in [0.29, 0.717) is 6.04 Å². The molecule has 0 radical (unpaired) electrons. The molecule has 0 amide bonds. The predicted octanol–water partition coefficient (Wildman–Crippen LogP) is 0.906. The van der Waals surface area contributed by atoms with Crippen LogP contribution in [0.3, 0.4) is 0 Å². The van der Waals surface area contributed by atoms with Gasteiger partial charge < -0.3 is 10.2 Å². The summed E-state index contributed by atoms with van der Waals surface area (Å²) >= 11 is 0.